The molecule has 0 N–H and O–H groups in total. The molecule has 0 heterocycles. The average Bonchev–Trinajstić information content (AvgIpc) is 2.46. The van der Waals surface area contributed by atoms with E-state index in [9.17, 15) is 9.59 Å². The highest BCUT2D eigenvalue weighted by Gasteiger charge is 2.20. The summed E-state index contributed by atoms with van der Waals surface area (Å²) in [6.45, 7) is 1.83. The fraction of sp³-hybridized carbons (Fsp3) is 0.125. The SMILES string of the molecule is COC(=O)c1cccc(S)c1-c1c(C)cc(Cl)cc1C=O. The second kappa shape index (κ2) is 6.33. The Morgan fingerprint density at radius 1 is 1.29 bits per heavy atom. The quantitative estimate of drug-likeness (QED) is 0.523. The number of hydrogen-bond acceptors (Lipinski definition) is 4. The van der Waals surface area contributed by atoms with Crippen molar-refractivity contribution in [1.29, 1.82) is 0 Å². The van der Waals surface area contributed by atoms with Gasteiger partial charge in [-0.3, -0.25) is 4.79 Å². The number of aryl methyl sites for hydroxylation is 1. The molecule has 0 atom stereocenters. The molecule has 0 amide bonds. The van der Waals surface area contributed by atoms with Crippen LogP contribution in [-0.2, 0) is 4.74 Å². The summed E-state index contributed by atoms with van der Waals surface area (Å²) < 4.78 is 4.80. The molecule has 108 valence electrons. The molecule has 0 fully saturated rings. The Labute approximate surface area is 133 Å². The molecule has 2 aromatic rings. The molecule has 0 saturated carbocycles. The molecule has 2 aromatic carbocycles. The number of hydrogen-bond donors (Lipinski definition) is 1. The lowest BCUT2D eigenvalue weighted by Crippen LogP contribution is -2.06. The van der Waals surface area contributed by atoms with E-state index in [1.807, 2.05) is 6.92 Å². The van der Waals surface area contributed by atoms with E-state index in [1.54, 1.807) is 30.3 Å². The van der Waals surface area contributed by atoms with Crippen molar-refractivity contribution in [3.63, 3.8) is 0 Å². The minimum Gasteiger partial charge on any atom is -0.465 e. The van der Waals surface area contributed by atoms with E-state index in [-0.39, 0.29) is 0 Å². The first-order chi connectivity index (χ1) is 9.99. The summed E-state index contributed by atoms with van der Waals surface area (Å²) in [7, 11) is 1.31. The fourth-order valence-corrected chi connectivity index (χ4v) is 2.89. The van der Waals surface area contributed by atoms with Crippen LogP contribution in [-0.4, -0.2) is 19.4 Å². The maximum Gasteiger partial charge on any atom is 0.338 e. The molecule has 2 rings (SSSR count). The Balaban J connectivity index is 2.85. The van der Waals surface area contributed by atoms with Crippen molar-refractivity contribution < 1.29 is 14.3 Å². The van der Waals surface area contributed by atoms with E-state index >= 15 is 0 Å². The van der Waals surface area contributed by atoms with Gasteiger partial charge in [0.2, 0.25) is 0 Å². The Bertz CT molecular complexity index is 726. The van der Waals surface area contributed by atoms with Crippen molar-refractivity contribution in [2.24, 2.45) is 0 Å². The van der Waals surface area contributed by atoms with Crippen LogP contribution in [0.4, 0.5) is 0 Å². The average molecular weight is 321 g/mol. The molecule has 0 bridgehead atoms. The number of carbonyl (C=O) groups excluding carboxylic acids is 2. The van der Waals surface area contributed by atoms with Crippen LogP contribution in [0.25, 0.3) is 11.1 Å². The molecule has 0 aliphatic heterocycles. The molecule has 0 aliphatic carbocycles. The van der Waals surface area contributed by atoms with Gasteiger partial charge in [0.1, 0.15) is 0 Å². The second-order valence-corrected chi connectivity index (χ2v) is 5.41. The number of thiol groups is 1. The van der Waals surface area contributed by atoms with Crippen molar-refractivity contribution in [2.75, 3.05) is 7.11 Å². The molecule has 0 aliphatic rings. The lowest BCUT2D eigenvalue weighted by molar-refractivity contribution is 0.0601. The van der Waals surface area contributed by atoms with Crippen LogP contribution in [0.15, 0.2) is 35.2 Å². The van der Waals surface area contributed by atoms with Crippen molar-refractivity contribution >= 4 is 36.5 Å². The van der Waals surface area contributed by atoms with Gasteiger partial charge < -0.3 is 4.74 Å². The summed E-state index contributed by atoms with van der Waals surface area (Å²) in [6, 6.07) is 8.42. The number of ether oxygens (including phenoxy) is 1. The zero-order valence-electron chi connectivity index (χ0n) is 11.5. The van der Waals surface area contributed by atoms with Crippen molar-refractivity contribution in [3.05, 3.63) is 52.0 Å². The van der Waals surface area contributed by atoms with Gasteiger partial charge in [-0.25, -0.2) is 4.79 Å². The van der Waals surface area contributed by atoms with Gasteiger partial charge in [0.25, 0.3) is 0 Å². The minimum atomic E-state index is -0.480. The number of esters is 1. The predicted octanol–water partition coefficient (Wildman–Crippen LogP) is 4.20. The van der Waals surface area contributed by atoms with Crippen LogP contribution in [0, 0.1) is 6.92 Å². The number of benzene rings is 2. The van der Waals surface area contributed by atoms with Gasteiger partial charge in [0.15, 0.2) is 6.29 Å². The number of halogens is 1. The zero-order valence-corrected chi connectivity index (χ0v) is 13.2. The monoisotopic (exact) mass is 320 g/mol. The van der Waals surface area contributed by atoms with E-state index in [1.165, 1.54) is 7.11 Å². The van der Waals surface area contributed by atoms with Crippen molar-refractivity contribution in [2.45, 2.75) is 11.8 Å². The predicted molar refractivity (Wildman–Crippen MR) is 85.6 cm³/mol. The summed E-state index contributed by atoms with van der Waals surface area (Å²) in [5.41, 5.74) is 2.77. The van der Waals surface area contributed by atoms with Gasteiger partial charge in [0, 0.05) is 21.0 Å². The Kier molecular flexibility index (Phi) is 4.70. The number of carbonyl (C=O) groups is 2. The van der Waals surface area contributed by atoms with Gasteiger partial charge in [-0.15, -0.1) is 12.6 Å². The zero-order chi connectivity index (χ0) is 15.6. The maximum absolute atomic E-state index is 12.0. The van der Waals surface area contributed by atoms with Gasteiger partial charge in [-0.05, 0) is 42.3 Å². The van der Waals surface area contributed by atoms with E-state index in [2.05, 4.69) is 12.6 Å². The van der Waals surface area contributed by atoms with Crippen molar-refractivity contribution in [3.8, 4) is 11.1 Å². The molecular formula is C16H13ClO3S. The summed E-state index contributed by atoms with van der Waals surface area (Å²) in [5.74, 6) is -0.480. The highest BCUT2D eigenvalue weighted by atomic mass is 35.5. The third kappa shape index (κ3) is 2.96. The first-order valence-electron chi connectivity index (χ1n) is 6.15. The maximum atomic E-state index is 12.0. The molecule has 5 heteroatoms. The molecule has 0 unspecified atom stereocenters. The Morgan fingerprint density at radius 2 is 2.00 bits per heavy atom. The third-order valence-electron chi connectivity index (χ3n) is 3.16. The highest BCUT2D eigenvalue weighted by molar-refractivity contribution is 7.80. The molecule has 0 saturated heterocycles. The summed E-state index contributed by atoms with van der Waals surface area (Å²) >= 11 is 10.4. The smallest absolute Gasteiger partial charge is 0.338 e. The largest absolute Gasteiger partial charge is 0.465 e. The molecular weight excluding hydrogens is 308 g/mol. The first kappa shape index (κ1) is 15.6. The van der Waals surface area contributed by atoms with Gasteiger partial charge in [0.05, 0.1) is 12.7 Å². The van der Waals surface area contributed by atoms with E-state index in [0.29, 0.717) is 32.2 Å². The topological polar surface area (TPSA) is 43.4 Å². The molecule has 0 aromatic heterocycles. The lowest BCUT2D eigenvalue weighted by atomic mass is 9.92. The van der Waals surface area contributed by atoms with Crippen molar-refractivity contribution in [1.82, 2.24) is 0 Å². The molecule has 0 spiro atoms. The minimum absolute atomic E-state index is 0.360. The fourth-order valence-electron chi connectivity index (χ4n) is 2.29. The van der Waals surface area contributed by atoms with Crippen LogP contribution in [0.2, 0.25) is 5.02 Å². The normalized spacial score (nSPS) is 10.3. The third-order valence-corrected chi connectivity index (χ3v) is 3.75. The standard InChI is InChI=1S/C16H13ClO3S/c1-9-6-11(17)7-10(8-18)14(9)15-12(16(19)20-2)4-3-5-13(15)21/h3-8,21H,1-2H3. The van der Waals surface area contributed by atoms with E-state index in [4.69, 9.17) is 16.3 Å². The van der Waals surface area contributed by atoms with E-state index < -0.39 is 5.97 Å². The Morgan fingerprint density at radius 3 is 2.62 bits per heavy atom. The van der Waals surface area contributed by atoms with Gasteiger partial charge in [-0.2, -0.15) is 0 Å². The second-order valence-electron chi connectivity index (χ2n) is 4.50. The van der Waals surface area contributed by atoms with Crippen LogP contribution in [0.1, 0.15) is 26.3 Å². The number of rotatable bonds is 3. The van der Waals surface area contributed by atoms with Gasteiger partial charge >= 0.3 is 5.97 Å². The molecule has 21 heavy (non-hydrogen) atoms. The molecule has 0 radical (unpaired) electrons. The van der Waals surface area contributed by atoms with Crippen LogP contribution >= 0.6 is 24.2 Å². The number of aldehydes is 1. The summed E-state index contributed by atoms with van der Waals surface area (Å²) in [5, 5.41) is 0.467. The van der Waals surface area contributed by atoms with Crippen LogP contribution in [0.5, 0.6) is 0 Å². The van der Waals surface area contributed by atoms with E-state index in [0.717, 1.165) is 11.8 Å². The highest BCUT2D eigenvalue weighted by Crippen LogP contribution is 2.36. The number of methoxy groups -OCH3 is 1. The van der Waals surface area contributed by atoms with Gasteiger partial charge in [-0.1, -0.05) is 17.7 Å². The van der Waals surface area contributed by atoms with Crippen LogP contribution < -0.4 is 0 Å². The lowest BCUT2D eigenvalue weighted by Gasteiger charge is -2.15. The molecule has 3 nitrogen and oxygen atoms in total. The Hall–Kier alpha value is -1.78. The van der Waals surface area contributed by atoms with Crippen LogP contribution in [0.3, 0.4) is 0 Å². The summed E-state index contributed by atoms with van der Waals surface area (Å²) in [6.07, 6.45) is 0.718. The summed E-state index contributed by atoms with van der Waals surface area (Å²) in [4.78, 5) is 23.9. The first-order valence-corrected chi connectivity index (χ1v) is 6.98.